The van der Waals surface area contributed by atoms with Gasteiger partial charge in [-0.2, -0.15) is 12.6 Å². The Hall–Kier alpha value is -1.81. The predicted octanol–water partition coefficient (Wildman–Crippen LogP) is -1.25. The number of carbonyl (C=O) groups is 4. The van der Waals surface area contributed by atoms with Crippen LogP contribution in [0.2, 0.25) is 0 Å². The second-order valence-corrected chi connectivity index (χ2v) is 5.09. The number of rotatable bonds is 11. The Morgan fingerprint density at radius 3 is 2.29 bits per heavy atom. The molecular weight excluding hydrogens is 338 g/mol. The van der Waals surface area contributed by atoms with Crippen LogP contribution in [0.3, 0.4) is 0 Å². The summed E-state index contributed by atoms with van der Waals surface area (Å²) in [5.74, 6) is -2.12. The lowest BCUT2D eigenvalue weighted by Gasteiger charge is -2.17. The second-order valence-electron chi connectivity index (χ2n) is 4.72. The summed E-state index contributed by atoms with van der Waals surface area (Å²) in [7, 11) is 0. The number of nitrogens with two attached hydrogens (primary N) is 1. The van der Waals surface area contributed by atoms with Crippen molar-refractivity contribution in [2.45, 2.75) is 38.8 Å². The van der Waals surface area contributed by atoms with E-state index in [0.29, 0.717) is 0 Å². The van der Waals surface area contributed by atoms with Crippen LogP contribution >= 0.6 is 12.6 Å². The van der Waals surface area contributed by atoms with E-state index in [2.05, 4.69) is 28.0 Å². The lowest BCUT2D eigenvalue weighted by Crippen LogP contribution is -2.49. The van der Waals surface area contributed by atoms with Gasteiger partial charge in [-0.1, -0.05) is 0 Å². The highest BCUT2D eigenvalue weighted by Gasteiger charge is 2.21. The van der Waals surface area contributed by atoms with Crippen LogP contribution in [0.15, 0.2) is 0 Å². The third-order valence-electron chi connectivity index (χ3n) is 2.82. The molecule has 0 aliphatic heterocycles. The molecule has 0 saturated carbocycles. The number of hydrogen-bond acceptors (Lipinski definition) is 8. The van der Waals surface area contributed by atoms with Crippen molar-refractivity contribution >= 4 is 36.4 Å². The summed E-state index contributed by atoms with van der Waals surface area (Å²) in [6, 6.07) is -1.81. The van der Waals surface area contributed by atoms with E-state index in [-0.39, 0.29) is 38.4 Å². The highest BCUT2D eigenvalue weighted by Crippen LogP contribution is 1.99. The Kier molecular flexibility index (Phi) is 11.6. The van der Waals surface area contributed by atoms with Crippen molar-refractivity contribution in [3.63, 3.8) is 0 Å². The number of amides is 2. The number of hydrogen-bond donors (Lipinski definition) is 4. The summed E-state index contributed by atoms with van der Waals surface area (Å²) in [4.78, 5) is 46.2. The summed E-state index contributed by atoms with van der Waals surface area (Å²) < 4.78 is 9.41. The molecule has 0 rings (SSSR count). The van der Waals surface area contributed by atoms with Crippen molar-refractivity contribution in [3.8, 4) is 0 Å². The van der Waals surface area contributed by atoms with Gasteiger partial charge in [0, 0.05) is 12.2 Å². The highest BCUT2D eigenvalue weighted by molar-refractivity contribution is 7.80. The van der Waals surface area contributed by atoms with Gasteiger partial charge in [0.1, 0.15) is 18.6 Å². The first-order valence-electron chi connectivity index (χ1n) is 7.61. The molecule has 0 saturated heterocycles. The molecule has 4 N–H and O–H groups in total. The zero-order valence-corrected chi connectivity index (χ0v) is 14.8. The normalized spacial score (nSPS) is 12.7. The molecule has 138 valence electrons. The van der Waals surface area contributed by atoms with E-state index >= 15 is 0 Å². The summed E-state index contributed by atoms with van der Waals surface area (Å²) in [5.41, 5.74) is 5.58. The molecule has 2 atom stereocenters. The average molecular weight is 363 g/mol. The lowest BCUT2D eigenvalue weighted by molar-refractivity contribution is -0.145. The van der Waals surface area contributed by atoms with Gasteiger partial charge in [-0.3, -0.25) is 19.2 Å². The maximum atomic E-state index is 11.9. The number of nitrogens with one attached hydrogen (secondary N) is 2. The maximum absolute atomic E-state index is 11.9. The first kappa shape index (κ1) is 22.2. The van der Waals surface area contributed by atoms with Crippen LogP contribution in [0, 0.1) is 0 Å². The van der Waals surface area contributed by atoms with Gasteiger partial charge in [0.25, 0.3) is 0 Å². The minimum atomic E-state index is -0.908. The van der Waals surface area contributed by atoms with E-state index in [1.807, 2.05) is 0 Å². The molecule has 0 radical (unpaired) electrons. The molecule has 10 heteroatoms. The standard InChI is InChI=1S/C14H25N3O6S/c1-3-22-12(19)7-16-13(20)10(8-24)17-11(18)6-5-9(15)14(21)23-4-2/h9-10,24H,3-8,15H2,1-2H3,(H,16,20)(H,17,18)/t9?,10-/m0/s1. The minimum absolute atomic E-state index is 0.0460. The molecule has 0 fully saturated rings. The molecule has 0 heterocycles. The van der Waals surface area contributed by atoms with E-state index in [1.54, 1.807) is 13.8 Å². The van der Waals surface area contributed by atoms with Gasteiger partial charge in [0.05, 0.1) is 13.2 Å². The number of thiol groups is 1. The van der Waals surface area contributed by atoms with Crippen LogP contribution in [0.25, 0.3) is 0 Å². The molecular formula is C14H25N3O6S. The highest BCUT2D eigenvalue weighted by atomic mass is 32.1. The zero-order chi connectivity index (χ0) is 18.5. The smallest absolute Gasteiger partial charge is 0.325 e. The fourth-order valence-electron chi connectivity index (χ4n) is 1.61. The molecule has 0 aromatic carbocycles. The lowest BCUT2D eigenvalue weighted by atomic mass is 10.1. The molecule has 24 heavy (non-hydrogen) atoms. The van der Waals surface area contributed by atoms with Gasteiger partial charge in [-0.15, -0.1) is 0 Å². The Morgan fingerprint density at radius 2 is 1.75 bits per heavy atom. The molecule has 0 aromatic heterocycles. The number of ether oxygens (including phenoxy) is 2. The van der Waals surface area contributed by atoms with Gasteiger partial charge in [0.15, 0.2) is 0 Å². The van der Waals surface area contributed by atoms with Gasteiger partial charge in [-0.05, 0) is 20.3 Å². The third-order valence-corrected chi connectivity index (χ3v) is 3.18. The first-order valence-corrected chi connectivity index (χ1v) is 8.24. The summed E-state index contributed by atoms with van der Waals surface area (Å²) in [6.07, 6.45) is 0.0455. The Labute approximate surface area is 146 Å². The van der Waals surface area contributed by atoms with Gasteiger partial charge >= 0.3 is 11.9 Å². The van der Waals surface area contributed by atoms with Crippen molar-refractivity contribution in [2.24, 2.45) is 5.73 Å². The summed E-state index contributed by atoms with van der Waals surface area (Å²) in [6.45, 7) is 3.44. The quantitative estimate of drug-likeness (QED) is 0.266. The largest absolute Gasteiger partial charge is 0.465 e. The zero-order valence-electron chi connectivity index (χ0n) is 13.9. The van der Waals surface area contributed by atoms with E-state index in [1.165, 1.54) is 0 Å². The average Bonchev–Trinajstić information content (AvgIpc) is 2.55. The minimum Gasteiger partial charge on any atom is -0.465 e. The molecule has 2 amide bonds. The van der Waals surface area contributed by atoms with Crippen molar-refractivity contribution in [1.29, 1.82) is 0 Å². The molecule has 0 aliphatic carbocycles. The molecule has 0 aromatic rings. The fraction of sp³-hybridized carbons (Fsp3) is 0.714. The van der Waals surface area contributed by atoms with Crippen molar-refractivity contribution in [1.82, 2.24) is 10.6 Å². The van der Waals surface area contributed by atoms with Crippen LogP contribution in [0.5, 0.6) is 0 Å². The van der Waals surface area contributed by atoms with Crippen LogP contribution in [0.1, 0.15) is 26.7 Å². The van der Waals surface area contributed by atoms with E-state index < -0.39 is 35.8 Å². The maximum Gasteiger partial charge on any atom is 0.325 e. The first-order chi connectivity index (χ1) is 11.3. The Morgan fingerprint density at radius 1 is 1.12 bits per heavy atom. The van der Waals surface area contributed by atoms with Gasteiger partial charge < -0.3 is 25.8 Å². The number of esters is 2. The summed E-state index contributed by atoms with van der Waals surface area (Å²) >= 11 is 3.99. The Bertz CT molecular complexity index is 446. The third kappa shape index (κ3) is 9.36. The second kappa shape index (κ2) is 12.6. The Balaban J connectivity index is 4.25. The van der Waals surface area contributed by atoms with E-state index in [0.717, 1.165) is 0 Å². The monoisotopic (exact) mass is 363 g/mol. The van der Waals surface area contributed by atoms with Crippen LogP contribution in [-0.4, -0.2) is 61.3 Å². The number of carbonyl (C=O) groups excluding carboxylic acids is 4. The predicted molar refractivity (Wildman–Crippen MR) is 89.3 cm³/mol. The molecule has 1 unspecified atom stereocenters. The van der Waals surface area contributed by atoms with Crippen LogP contribution < -0.4 is 16.4 Å². The molecule has 0 spiro atoms. The topological polar surface area (TPSA) is 137 Å². The van der Waals surface area contributed by atoms with Crippen molar-refractivity contribution in [3.05, 3.63) is 0 Å². The van der Waals surface area contributed by atoms with Crippen molar-refractivity contribution in [2.75, 3.05) is 25.5 Å². The van der Waals surface area contributed by atoms with E-state index in [9.17, 15) is 19.2 Å². The fourth-order valence-corrected chi connectivity index (χ4v) is 1.87. The van der Waals surface area contributed by atoms with Crippen LogP contribution in [0.4, 0.5) is 0 Å². The molecule has 0 bridgehead atoms. The van der Waals surface area contributed by atoms with Gasteiger partial charge in [0.2, 0.25) is 11.8 Å². The van der Waals surface area contributed by atoms with Crippen molar-refractivity contribution < 1.29 is 28.7 Å². The van der Waals surface area contributed by atoms with Crippen LogP contribution in [-0.2, 0) is 28.7 Å². The SMILES string of the molecule is CCOC(=O)CNC(=O)[C@H](CS)NC(=O)CCC(N)C(=O)OCC. The molecule has 0 aliphatic rings. The molecule has 9 nitrogen and oxygen atoms in total. The summed E-state index contributed by atoms with van der Waals surface area (Å²) in [5, 5.41) is 4.81. The van der Waals surface area contributed by atoms with Gasteiger partial charge in [-0.25, -0.2) is 0 Å². The van der Waals surface area contributed by atoms with E-state index in [4.69, 9.17) is 10.5 Å².